The van der Waals surface area contributed by atoms with Crippen molar-refractivity contribution in [1.29, 1.82) is 0 Å². The number of alkyl halides is 3. The number of carbonyl (C=O) groups excluding carboxylic acids is 2. The summed E-state index contributed by atoms with van der Waals surface area (Å²) in [4.78, 5) is 46.3. The zero-order valence-electron chi connectivity index (χ0n) is 27.7. The Labute approximate surface area is 288 Å². The normalized spacial score (nSPS) is 12.4. The van der Waals surface area contributed by atoms with Gasteiger partial charge in [0.2, 0.25) is 5.91 Å². The molecule has 0 aliphatic rings. The molecule has 2 atom stereocenters. The lowest BCUT2D eigenvalue weighted by Gasteiger charge is -2.20. The summed E-state index contributed by atoms with van der Waals surface area (Å²) < 4.78 is 47.2. The van der Waals surface area contributed by atoms with Gasteiger partial charge in [-0.05, 0) is 60.9 Å². The fraction of sp³-hybridized carbons (Fsp3) is 0.324. The van der Waals surface area contributed by atoms with E-state index in [1.54, 1.807) is 36.7 Å². The average Bonchev–Trinajstić information content (AvgIpc) is 3.09. The van der Waals surface area contributed by atoms with Gasteiger partial charge in [0.25, 0.3) is 5.91 Å². The van der Waals surface area contributed by atoms with E-state index in [-0.39, 0.29) is 12.0 Å². The number of amides is 2. The number of hydrogen-bond acceptors (Lipinski definition) is 7. The molecule has 0 spiro atoms. The van der Waals surface area contributed by atoms with Crippen molar-refractivity contribution in [2.45, 2.75) is 70.8 Å². The summed E-state index contributed by atoms with van der Waals surface area (Å²) in [6.45, 7) is 4.16. The Morgan fingerprint density at radius 3 is 1.98 bits per heavy atom. The van der Waals surface area contributed by atoms with E-state index in [0.717, 1.165) is 54.0 Å². The van der Waals surface area contributed by atoms with Crippen LogP contribution in [-0.2, 0) is 16.0 Å². The highest BCUT2D eigenvalue weighted by Gasteiger charge is 2.31. The van der Waals surface area contributed by atoms with Crippen LogP contribution in [0.2, 0.25) is 0 Å². The summed E-state index contributed by atoms with van der Waals surface area (Å²) in [6, 6.07) is 16.5. The van der Waals surface area contributed by atoms with Crippen LogP contribution >= 0.6 is 0 Å². The average molecular weight is 693 g/mol. The second kappa shape index (κ2) is 17.8. The van der Waals surface area contributed by atoms with Crippen molar-refractivity contribution in [2.24, 2.45) is 0 Å². The molecular weight excluding hydrogens is 653 g/mol. The third-order valence-corrected chi connectivity index (χ3v) is 7.71. The van der Waals surface area contributed by atoms with Gasteiger partial charge >= 0.3 is 12.3 Å². The minimum atomic E-state index is -4.89. The predicted octanol–water partition coefficient (Wildman–Crippen LogP) is 6.99. The molecule has 0 saturated carbocycles. The highest BCUT2D eigenvalue weighted by Crippen LogP contribution is 2.25. The molecule has 0 radical (unpaired) electrons. The molecule has 264 valence electrons. The van der Waals surface area contributed by atoms with Crippen molar-refractivity contribution >= 4 is 17.8 Å². The summed E-state index contributed by atoms with van der Waals surface area (Å²) in [5.41, 5.74) is 3.08. The van der Waals surface area contributed by atoms with Crippen molar-refractivity contribution in [2.75, 3.05) is 6.61 Å². The Morgan fingerprint density at radius 1 is 0.780 bits per heavy atom. The first-order chi connectivity index (χ1) is 23.9. The number of carboxylic acids is 1. The van der Waals surface area contributed by atoms with Gasteiger partial charge in [-0.2, -0.15) is 0 Å². The molecule has 4 aromatic rings. The van der Waals surface area contributed by atoms with Gasteiger partial charge in [-0.25, -0.2) is 9.97 Å². The van der Waals surface area contributed by atoms with Gasteiger partial charge in [0.1, 0.15) is 23.6 Å². The van der Waals surface area contributed by atoms with Gasteiger partial charge in [-0.15, -0.1) is 13.2 Å². The molecule has 13 heteroatoms. The Morgan fingerprint density at radius 2 is 1.38 bits per heavy atom. The summed E-state index contributed by atoms with van der Waals surface area (Å²) in [6.07, 6.45) is 4.41. The van der Waals surface area contributed by atoms with Crippen LogP contribution in [0.15, 0.2) is 85.2 Å². The molecule has 10 nitrogen and oxygen atoms in total. The minimum Gasteiger partial charge on any atom is -0.494 e. The number of rotatable bonds is 17. The number of ether oxygens (including phenoxy) is 2. The number of nitrogens with one attached hydrogen (secondary N) is 2. The number of hydrogen-bond donors (Lipinski definition) is 3. The zero-order chi connectivity index (χ0) is 36.1. The molecule has 0 unspecified atom stereocenters. The van der Waals surface area contributed by atoms with E-state index >= 15 is 0 Å². The first-order valence-electron chi connectivity index (χ1n) is 16.3. The lowest BCUT2D eigenvalue weighted by atomic mass is 10.0. The number of carboxylic acid groups (broad SMARTS) is 1. The Hall–Kier alpha value is -5.46. The number of unbranched alkanes of at least 4 members (excludes halogenated alkanes) is 4. The molecule has 4 rings (SSSR count). The standard InChI is InChI=1S/C37H39F3N4O6/c1-3-4-5-6-7-20-49-30-16-12-26(13-17-30)29-22-41-33(42-23-29)27-10-8-25(9-11-27)21-32(35(46)43-24(2)36(47)48)44-34(45)28-14-18-31(19-15-28)50-37(38,39)40/h8-19,22-24,32H,3-7,20-21H2,1-2H3,(H,43,46)(H,44,45)(H,47,48)/t24-,32+/m1/s1. The molecule has 0 bridgehead atoms. The molecular formula is C37H39F3N4O6. The molecule has 0 aliphatic carbocycles. The van der Waals surface area contributed by atoms with Crippen LogP contribution in [0.3, 0.4) is 0 Å². The van der Waals surface area contributed by atoms with E-state index in [1.807, 2.05) is 24.3 Å². The fourth-order valence-corrected chi connectivity index (χ4v) is 4.93. The highest BCUT2D eigenvalue weighted by atomic mass is 19.4. The van der Waals surface area contributed by atoms with E-state index in [0.29, 0.717) is 23.6 Å². The lowest BCUT2D eigenvalue weighted by molar-refractivity contribution is -0.274. The van der Waals surface area contributed by atoms with Crippen molar-refractivity contribution < 1.29 is 42.1 Å². The van der Waals surface area contributed by atoms with Gasteiger partial charge in [0.05, 0.1) is 6.61 Å². The van der Waals surface area contributed by atoms with Crippen LogP contribution in [-0.4, -0.2) is 57.9 Å². The molecule has 3 N–H and O–H groups in total. The number of nitrogens with zero attached hydrogens (tertiary/aromatic N) is 2. The largest absolute Gasteiger partial charge is 0.573 e. The minimum absolute atomic E-state index is 0.0160. The Bertz CT molecular complexity index is 1700. The second-order valence-corrected chi connectivity index (χ2v) is 11.7. The van der Waals surface area contributed by atoms with Crippen LogP contribution in [0, 0.1) is 0 Å². The third kappa shape index (κ3) is 11.6. The topological polar surface area (TPSA) is 140 Å². The molecule has 1 heterocycles. The van der Waals surface area contributed by atoms with Gasteiger partial charge in [-0.3, -0.25) is 14.4 Å². The summed E-state index contributed by atoms with van der Waals surface area (Å²) >= 11 is 0. The number of aliphatic carboxylic acids is 1. The molecule has 1 aromatic heterocycles. The van der Waals surface area contributed by atoms with Crippen LogP contribution in [0.25, 0.3) is 22.5 Å². The SMILES string of the molecule is CCCCCCCOc1ccc(-c2cnc(-c3ccc(C[C@H](NC(=O)c4ccc(OC(F)(F)F)cc4)C(=O)N[C@H](C)C(=O)O)cc3)nc2)cc1. The Kier molecular flexibility index (Phi) is 13.3. The van der Waals surface area contributed by atoms with Crippen molar-refractivity contribution in [3.8, 4) is 34.0 Å². The molecule has 0 fully saturated rings. The van der Waals surface area contributed by atoms with E-state index < -0.39 is 42.0 Å². The van der Waals surface area contributed by atoms with Gasteiger partial charge in [0.15, 0.2) is 5.82 Å². The van der Waals surface area contributed by atoms with Crippen LogP contribution in [0.4, 0.5) is 13.2 Å². The van der Waals surface area contributed by atoms with Crippen molar-refractivity contribution in [3.63, 3.8) is 0 Å². The highest BCUT2D eigenvalue weighted by molar-refractivity contribution is 5.98. The fourth-order valence-electron chi connectivity index (χ4n) is 4.93. The van der Waals surface area contributed by atoms with Crippen LogP contribution < -0.4 is 20.1 Å². The van der Waals surface area contributed by atoms with Crippen molar-refractivity contribution in [1.82, 2.24) is 20.6 Å². The second-order valence-electron chi connectivity index (χ2n) is 11.7. The summed E-state index contributed by atoms with van der Waals surface area (Å²) in [5.74, 6) is -2.01. The molecule has 2 amide bonds. The summed E-state index contributed by atoms with van der Waals surface area (Å²) in [5, 5.41) is 14.1. The first-order valence-corrected chi connectivity index (χ1v) is 16.3. The number of benzene rings is 3. The Balaban J connectivity index is 1.39. The van der Waals surface area contributed by atoms with E-state index in [4.69, 9.17) is 4.74 Å². The molecule has 3 aromatic carbocycles. The lowest BCUT2D eigenvalue weighted by Crippen LogP contribution is -2.51. The molecule has 0 saturated heterocycles. The first kappa shape index (κ1) is 37.4. The number of carbonyl (C=O) groups is 3. The smallest absolute Gasteiger partial charge is 0.494 e. The van der Waals surface area contributed by atoms with Crippen LogP contribution in [0.1, 0.15) is 61.9 Å². The maximum atomic E-state index is 13.0. The quantitative estimate of drug-likeness (QED) is 0.101. The van der Waals surface area contributed by atoms with E-state index in [9.17, 15) is 32.7 Å². The van der Waals surface area contributed by atoms with E-state index in [2.05, 4.69) is 32.3 Å². The van der Waals surface area contributed by atoms with Crippen molar-refractivity contribution in [3.05, 3.63) is 96.3 Å². The van der Waals surface area contributed by atoms with Gasteiger partial charge in [-0.1, -0.05) is 69.0 Å². The number of halogens is 3. The molecule has 0 aliphatic heterocycles. The predicted molar refractivity (Wildman–Crippen MR) is 180 cm³/mol. The van der Waals surface area contributed by atoms with Gasteiger partial charge in [0, 0.05) is 35.5 Å². The molecule has 50 heavy (non-hydrogen) atoms. The zero-order valence-corrected chi connectivity index (χ0v) is 27.7. The van der Waals surface area contributed by atoms with Crippen LogP contribution in [0.5, 0.6) is 11.5 Å². The number of aromatic nitrogens is 2. The van der Waals surface area contributed by atoms with Gasteiger partial charge < -0.3 is 25.2 Å². The van der Waals surface area contributed by atoms with E-state index in [1.165, 1.54) is 26.2 Å². The monoisotopic (exact) mass is 692 g/mol. The maximum absolute atomic E-state index is 13.0. The maximum Gasteiger partial charge on any atom is 0.573 e. The summed E-state index contributed by atoms with van der Waals surface area (Å²) in [7, 11) is 0. The third-order valence-electron chi connectivity index (χ3n) is 7.71.